The van der Waals surface area contributed by atoms with Gasteiger partial charge in [0.15, 0.2) is 0 Å². The molecule has 0 amide bonds. The molecule has 1 aliphatic carbocycles. The highest BCUT2D eigenvalue weighted by Crippen LogP contribution is 2.25. The maximum atomic E-state index is 5.92. The molecule has 106 valence electrons. The molecule has 1 aromatic carbocycles. The molecule has 4 heteroatoms. The number of hydrogen-bond acceptors (Lipinski definition) is 2. The molecule has 0 radical (unpaired) electrons. The molecule has 0 bridgehead atoms. The molecule has 1 aliphatic rings. The first-order valence-electron chi connectivity index (χ1n) is 6.97. The minimum Gasteiger partial charge on any atom is -0.492 e. The van der Waals surface area contributed by atoms with E-state index in [0.29, 0.717) is 22.7 Å². The Kier molecular flexibility index (Phi) is 5.80. The predicted molar refractivity (Wildman–Crippen MR) is 81.4 cm³/mol. The number of benzene rings is 1. The van der Waals surface area contributed by atoms with E-state index < -0.39 is 0 Å². The monoisotopic (exact) mass is 301 g/mol. The summed E-state index contributed by atoms with van der Waals surface area (Å²) in [6, 6.07) is 5.92. The lowest BCUT2D eigenvalue weighted by Crippen LogP contribution is -2.39. The molecule has 0 aromatic heterocycles. The van der Waals surface area contributed by atoms with E-state index >= 15 is 0 Å². The normalized spacial score (nSPS) is 23.3. The Balaban J connectivity index is 1.71. The van der Waals surface area contributed by atoms with Crippen LogP contribution in [-0.4, -0.2) is 19.2 Å². The minimum absolute atomic E-state index is 0.608. The van der Waals surface area contributed by atoms with Crippen LogP contribution in [0.2, 0.25) is 10.0 Å². The van der Waals surface area contributed by atoms with Crippen LogP contribution in [0.4, 0.5) is 0 Å². The molecule has 0 aliphatic heterocycles. The highest BCUT2D eigenvalue weighted by Gasteiger charge is 2.20. The van der Waals surface area contributed by atoms with Gasteiger partial charge in [-0.05, 0) is 37.0 Å². The Morgan fingerprint density at radius 2 is 1.84 bits per heavy atom. The van der Waals surface area contributed by atoms with Crippen molar-refractivity contribution in [3.05, 3.63) is 28.2 Å². The van der Waals surface area contributed by atoms with Crippen molar-refractivity contribution >= 4 is 23.2 Å². The molecule has 1 fully saturated rings. The van der Waals surface area contributed by atoms with Crippen molar-refractivity contribution in [3.8, 4) is 5.75 Å². The Morgan fingerprint density at radius 1 is 1.16 bits per heavy atom. The zero-order valence-electron chi connectivity index (χ0n) is 11.3. The number of rotatable bonds is 5. The second kappa shape index (κ2) is 7.37. The SMILES string of the molecule is CC1CCCCC1NCCOc1cc(Cl)cc(Cl)c1. The zero-order valence-corrected chi connectivity index (χ0v) is 12.8. The van der Waals surface area contributed by atoms with Crippen LogP contribution in [0.15, 0.2) is 18.2 Å². The largest absolute Gasteiger partial charge is 0.492 e. The van der Waals surface area contributed by atoms with E-state index in [4.69, 9.17) is 27.9 Å². The highest BCUT2D eigenvalue weighted by molar-refractivity contribution is 6.34. The highest BCUT2D eigenvalue weighted by atomic mass is 35.5. The van der Waals surface area contributed by atoms with E-state index in [0.717, 1.165) is 18.2 Å². The molecule has 2 nitrogen and oxygen atoms in total. The lowest BCUT2D eigenvalue weighted by Gasteiger charge is -2.29. The smallest absolute Gasteiger partial charge is 0.122 e. The minimum atomic E-state index is 0.608. The molecule has 1 saturated carbocycles. The Morgan fingerprint density at radius 3 is 2.53 bits per heavy atom. The first kappa shape index (κ1) is 15.0. The van der Waals surface area contributed by atoms with Gasteiger partial charge in [-0.3, -0.25) is 0 Å². The summed E-state index contributed by atoms with van der Waals surface area (Å²) in [5.74, 6) is 1.50. The molecule has 19 heavy (non-hydrogen) atoms. The van der Waals surface area contributed by atoms with Gasteiger partial charge in [-0.1, -0.05) is 43.0 Å². The molecule has 2 unspecified atom stereocenters. The van der Waals surface area contributed by atoms with Crippen LogP contribution in [0.1, 0.15) is 32.6 Å². The molecule has 0 spiro atoms. The average molecular weight is 302 g/mol. The number of hydrogen-bond donors (Lipinski definition) is 1. The first-order valence-corrected chi connectivity index (χ1v) is 7.73. The molecular weight excluding hydrogens is 281 g/mol. The number of nitrogens with one attached hydrogen (secondary N) is 1. The molecule has 1 aromatic rings. The van der Waals surface area contributed by atoms with Gasteiger partial charge in [-0.2, -0.15) is 0 Å². The number of halogens is 2. The average Bonchev–Trinajstić information content (AvgIpc) is 2.35. The van der Waals surface area contributed by atoms with Crippen molar-refractivity contribution in [1.29, 1.82) is 0 Å². The van der Waals surface area contributed by atoms with Crippen molar-refractivity contribution in [2.75, 3.05) is 13.2 Å². The van der Waals surface area contributed by atoms with Gasteiger partial charge in [0, 0.05) is 22.6 Å². The van der Waals surface area contributed by atoms with Gasteiger partial charge in [0.05, 0.1) is 0 Å². The zero-order chi connectivity index (χ0) is 13.7. The number of ether oxygens (including phenoxy) is 1. The molecule has 0 saturated heterocycles. The third-order valence-electron chi connectivity index (χ3n) is 3.72. The van der Waals surface area contributed by atoms with Crippen LogP contribution in [0.25, 0.3) is 0 Å². The summed E-state index contributed by atoms with van der Waals surface area (Å²) < 4.78 is 5.66. The van der Waals surface area contributed by atoms with Crippen LogP contribution in [-0.2, 0) is 0 Å². The van der Waals surface area contributed by atoms with Gasteiger partial charge >= 0.3 is 0 Å². The summed E-state index contributed by atoms with van der Waals surface area (Å²) in [4.78, 5) is 0. The Hall–Kier alpha value is -0.440. The Labute approximate surface area is 125 Å². The van der Waals surface area contributed by atoms with E-state index in [1.165, 1.54) is 25.7 Å². The fourth-order valence-electron chi connectivity index (χ4n) is 2.64. The summed E-state index contributed by atoms with van der Waals surface area (Å²) in [7, 11) is 0. The summed E-state index contributed by atoms with van der Waals surface area (Å²) in [6.07, 6.45) is 5.33. The van der Waals surface area contributed by atoms with E-state index in [-0.39, 0.29) is 0 Å². The van der Waals surface area contributed by atoms with Gasteiger partial charge in [-0.25, -0.2) is 0 Å². The third kappa shape index (κ3) is 4.87. The van der Waals surface area contributed by atoms with E-state index in [1.807, 2.05) is 0 Å². The van der Waals surface area contributed by atoms with Crippen LogP contribution < -0.4 is 10.1 Å². The second-order valence-electron chi connectivity index (χ2n) is 5.28. The Bertz CT molecular complexity index is 391. The topological polar surface area (TPSA) is 21.3 Å². The lowest BCUT2D eigenvalue weighted by atomic mass is 9.86. The quantitative estimate of drug-likeness (QED) is 0.806. The van der Waals surface area contributed by atoms with Gasteiger partial charge in [0.25, 0.3) is 0 Å². The summed E-state index contributed by atoms with van der Waals surface area (Å²) >= 11 is 11.8. The summed E-state index contributed by atoms with van der Waals surface area (Å²) in [6.45, 7) is 3.83. The van der Waals surface area contributed by atoms with E-state index in [1.54, 1.807) is 18.2 Å². The van der Waals surface area contributed by atoms with Gasteiger partial charge in [0.1, 0.15) is 12.4 Å². The molecular formula is C15H21Cl2NO. The molecule has 0 heterocycles. The summed E-state index contributed by atoms with van der Waals surface area (Å²) in [5, 5.41) is 4.80. The standard InChI is InChI=1S/C15H21Cl2NO/c1-11-4-2-3-5-15(11)18-6-7-19-14-9-12(16)8-13(17)10-14/h8-11,15,18H,2-7H2,1H3. The molecule has 2 rings (SSSR count). The lowest BCUT2D eigenvalue weighted by molar-refractivity contribution is 0.251. The molecule has 2 atom stereocenters. The van der Waals surface area contributed by atoms with Crippen molar-refractivity contribution in [2.24, 2.45) is 5.92 Å². The molecule has 1 N–H and O–H groups in total. The van der Waals surface area contributed by atoms with Gasteiger partial charge < -0.3 is 10.1 Å². The second-order valence-corrected chi connectivity index (χ2v) is 6.15. The third-order valence-corrected chi connectivity index (χ3v) is 4.16. The maximum Gasteiger partial charge on any atom is 0.122 e. The van der Waals surface area contributed by atoms with Gasteiger partial charge in [0.2, 0.25) is 0 Å². The fourth-order valence-corrected chi connectivity index (χ4v) is 3.15. The maximum absolute atomic E-state index is 5.92. The van der Waals surface area contributed by atoms with E-state index in [9.17, 15) is 0 Å². The van der Waals surface area contributed by atoms with Crippen molar-refractivity contribution in [3.63, 3.8) is 0 Å². The van der Waals surface area contributed by atoms with Crippen molar-refractivity contribution in [1.82, 2.24) is 5.32 Å². The van der Waals surface area contributed by atoms with Crippen LogP contribution in [0.3, 0.4) is 0 Å². The van der Waals surface area contributed by atoms with Crippen molar-refractivity contribution in [2.45, 2.75) is 38.6 Å². The van der Waals surface area contributed by atoms with Gasteiger partial charge in [-0.15, -0.1) is 0 Å². The predicted octanol–water partition coefficient (Wildman–Crippen LogP) is 4.54. The summed E-state index contributed by atoms with van der Waals surface area (Å²) in [5.41, 5.74) is 0. The van der Waals surface area contributed by atoms with Crippen LogP contribution in [0, 0.1) is 5.92 Å². The fraction of sp³-hybridized carbons (Fsp3) is 0.600. The van der Waals surface area contributed by atoms with Crippen LogP contribution in [0.5, 0.6) is 5.75 Å². The van der Waals surface area contributed by atoms with Crippen LogP contribution >= 0.6 is 23.2 Å². The first-order chi connectivity index (χ1) is 9.15. The van der Waals surface area contributed by atoms with Crippen molar-refractivity contribution < 1.29 is 4.74 Å². The van der Waals surface area contributed by atoms with E-state index in [2.05, 4.69) is 12.2 Å².